The smallest absolute Gasteiger partial charge is 0.115 e. The summed E-state index contributed by atoms with van der Waals surface area (Å²) < 4.78 is 0. The van der Waals surface area contributed by atoms with Crippen LogP contribution in [-0.4, -0.2) is 15.3 Å². The molecular formula is C44H52O3. The third-order valence-corrected chi connectivity index (χ3v) is 6.79. The third-order valence-electron chi connectivity index (χ3n) is 6.79. The quantitative estimate of drug-likeness (QED) is 0.182. The largest absolute Gasteiger partial charge is 0.508 e. The van der Waals surface area contributed by atoms with Gasteiger partial charge in [0.1, 0.15) is 17.2 Å². The Balaban J connectivity index is 0.000000308. The molecule has 3 nitrogen and oxygen atoms in total. The van der Waals surface area contributed by atoms with Gasteiger partial charge in [0.25, 0.3) is 0 Å². The predicted octanol–water partition coefficient (Wildman–Crippen LogP) is 12.1. The van der Waals surface area contributed by atoms with Crippen LogP contribution in [0.3, 0.4) is 0 Å². The summed E-state index contributed by atoms with van der Waals surface area (Å²) in [4.78, 5) is 0. The van der Waals surface area contributed by atoms with Crippen LogP contribution in [0.15, 0.2) is 170 Å². The Morgan fingerprint density at radius 1 is 0.383 bits per heavy atom. The van der Waals surface area contributed by atoms with Crippen molar-refractivity contribution in [2.45, 2.75) is 53.9 Å². The van der Waals surface area contributed by atoms with E-state index in [1.54, 1.807) is 72.8 Å². The molecule has 0 saturated carbocycles. The van der Waals surface area contributed by atoms with Crippen molar-refractivity contribution in [3.05, 3.63) is 187 Å². The number of hydrogen-bond donors (Lipinski definition) is 3. The zero-order valence-corrected chi connectivity index (χ0v) is 27.5. The van der Waals surface area contributed by atoms with Gasteiger partial charge in [-0.25, -0.2) is 0 Å². The second-order valence-electron chi connectivity index (χ2n) is 10.7. The second-order valence-corrected chi connectivity index (χ2v) is 10.7. The molecule has 0 spiro atoms. The van der Waals surface area contributed by atoms with E-state index in [1.165, 1.54) is 27.8 Å². The maximum atomic E-state index is 8.63. The zero-order chi connectivity index (χ0) is 33.4. The minimum atomic E-state index is 0. The summed E-state index contributed by atoms with van der Waals surface area (Å²) >= 11 is 0. The minimum Gasteiger partial charge on any atom is -0.508 e. The number of phenolic OH excluding ortho intramolecular Hbond substituents is 3. The highest BCUT2D eigenvalue weighted by Crippen LogP contribution is 2.20. The summed E-state index contributed by atoms with van der Waals surface area (Å²) in [6.07, 6.45) is 2.21. The van der Waals surface area contributed by atoms with Gasteiger partial charge in [0.05, 0.1) is 0 Å². The Morgan fingerprint density at radius 3 is 0.809 bits per heavy atom. The summed E-state index contributed by atoms with van der Waals surface area (Å²) in [5.41, 5.74) is 6.82. The molecule has 0 fully saturated rings. The molecule has 0 aliphatic heterocycles. The minimum absolute atomic E-state index is 0. The van der Waals surface area contributed by atoms with Gasteiger partial charge in [0.15, 0.2) is 0 Å². The lowest BCUT2D eigenvalue weighted by molar-refractivity contribution is 0.475. The second kappa shape index (κ2) is 24.0. The van der Waals surface area contributed by atoms with Crippen molar-refractivity contribution < 1.29 is 15.3 Å². The molecule has 0 unspecified atom stereocenters. The molecular weight excluding hydrogens is 576 g/mol. The van der Waals surface area contributed by atoms with Crippen LogP contribution in [0.25, 0.3) is 11.1 Å². The van der Waals surface area contributed by atoms with Gasteiger partial charge >= 0.3 is 0 Å². The van der Waals surface area contributed by atoms with Gasteiger partial charge in [0, 0.05) is 0 Å². The van der Waals surface area contributed by atoms with Crippen molar-refractivity contribution in [2.24, 2.45) is 0 Å². The molecule has 47 heavy (non-hydrogen) atoms. The first-order valence-electron chi connectivity index (χ1n) is 15.8. The summed E-state index contributed by atoms with van der Waals surface area (Å²) in [5, 5.41) is 25.9. The van der Waals surface area contributed by atoms with E-state index in [0.29, 0.717) is 23.2 Å². The molecule has 0 bridgehead atoms. The number of aromatic hydroxyl groups is 3. The SMILES string of the molecule is C.CC(C)c1ccccc1.CCc1ccc(-c2ccc(CC)cc2)cc1.Oc1ccccc1.Oc1ccccc1.Oc1ccccc1. The fourth-order valence-corrected chi connectivity index (χ4v) is 3.99. The molecule has 0 radical (unpaired) electrons. The Kier molecular flexibility index (Phi) is 20.3. The zero-order valence-electron chi connectivity index (χ0n) is 27.5. The number of aryl methyl sites for hydroxylation is 2. The van der Waals surface area contributed by atoms with Gasteiger partial charge in [-0.2, -0.15) is 0 Å². The Hall–Kier alpha value is -5.28. The molecule has 3 N–H and O–H groups in total. The summed E-state index contributed by atoms with van der Waals surface area (Å²) in [7, 11) is 0. The summed E-state index contributed by atoms with van der Waals surface area (Å²) in [6, 6.07) is 54.3. The molecule has 0 amide bonds. The highest BCUT2D eigenvalue weighted by molar-refractivity contribution is 5.64. The molecule has 6 aromatic rings. The molecule has 0 aliphatic carbocycles. The Morgan fingerprint density at radius 2 is 0.638 bits per heavy atom. The lowest BCUT2D eigenvalue weighted by atomic mass is 10.0. The molecule has 0 aliphatic rings. The van der Waals surface area contributed by atoms with Gasteiger partial charge in [-0.05, 0) is 83.0 Å². The van der Waals surface area contributed by atoms with E-state index >= 15 is 0 Å². The predicted molar refractivity (Wildman–Crippen MR) is 202 cm³/mol. The molecule has 0 heterocycles. The number of hydrogen-bond acceptors (Lipinski definition) is 3. The summed E-state index contributed by atoms with van der Waals surface area (Å²) in [5.74, 6) is 1.62. The van der Waals surface area contributed by atoms with Crippen LogP contribution in [0.2, 0.25) is 0 Å². The van der Waals surface area contributed by atoms with Crippen LogP contribution < -0.4 is 0 Å². The lowest BCUT2D eigenvalue weighted by Crippen LogP contribution is -1.83. The van der Waals surface area contributed by atoms with Crippen LogP contribution >= 0.6 is 0 Å². The van der Waals surface area contributed by atoms with E-state index in [2.05, 4.69) is 100 Å². The van der Waals surface area contributed by atoms with Crippen molar-refractivity contribution >= 4 is 0 Å². The first-order chi connectivity index (χ1) is 22.3. The first kappa shape index (κ1) is 39.7. The number of para-hydroxylation sites is 3. The van der Waals surface area contributed by atoms with E-state index in [9.17, 15) is 0 Å². The lowest BCUT2D eigenvalue weighted by Gasteiger charge is -2.04. The van der Waals surface area contributed by atoms with Crippen molar-refractivity contribution in [2.75, 3.05) is 0 Å². The van der Waals surface area contributed by atoms with E-state index in [-0.39, 0.29) is 7.43 Å². The molecule has 0 saturated heterocycles. The third kappa shape index (κ3) is 17.7. The Bertz CT molecular complexity index is 1410. The van der Waals surface area contributed by atoms with Crippen LogP contribution in [0, 0.1) is 0 Å². The Labute approximate surface area is 283 Å². The molecule has 6 aromatic carbocycles. The number of phenols is 3. The number of benzene rings is 6. The van der Waals surface area contributed by atoms with E-state index < -0.39 is 0 Å². The normalized spacial score (nSPS) is 9.30. The average molecular weight is 629 g/mol. The molecule has 246 valence electrons. The van der Waals surface area contributed by atoms with Crippen molar-refractivity contribution in [3.63, 3.8) is 0 Å². The first-order valence-corrected chi connectivity index (χ1v) is 15.8. The van der Waals surface area contributed by atoms with Gasteiger partial charge in [-0.15, -0.1) is 0 Å². The fraction of sp³-hybridized carbons (Fsp3) is 0.182. The van der Waals surface area contributed by atoms with Gasteiger partial charge in [-0.1, -0.05) is 169 Å². The molecule has 6 rings (SSSR count). The topological polar surface area (TPSA) is 60.7 Å². The molecule has 0 aromatic heterocycles. The van der Waals surface area contributed by atoms with Crippen molar-refractivity contribution in [3.8, 4) is 28.4 Å². The van der Waals surface area contributed by atoms with Crippen LogP contribution in [0.5, 0.6) is 17.2 Å². The fourth-order valence-electron chi connectivity index (χ4n) is 3.99. The number of rotatable bonds is 4. The van der Waals surface area contributed by atoms with E-state index in [0.717, 1.165) is 12.8 Å². The average Bonchev–Trinajstić information content (AvgIpc) is 3.11. The maximum Gasteiger partial charge on any atom is 0.115 e. The standard InChI is InChI=1S/C16H18.C9H12.3C6H6O.CH4/c1-3-13-5-9-15(10-6-13)16-11-7-14(4-2)8-12-16;1-8(2)9-6-4-3-5-7-9;3*7-6-4-2-1-3-5-6;/h5-12H,3-4H2,1-2H3;3-8H,1-2H3;3*1-5,7H;1H4. The van der Waals surface area contributed by atoms with Crippen molar-refractivity contribution in [1.82, 2.24) is 0 Å². The van der Waals surface area contributed by atoms with Gasteiger partial charge in [-0.3, -0.25) is 0 Å². The van der Waals surface area contributed by atoms with E-state index in [1.807, 2.05) is 24.3 Å². The van der Waals surface area contributed by atoms with Crippen LogP contribution in [-0.2, 0) is 12.8 Å². The monoisotopic (exact) mass is 628 g/mol. The van der Waals surface area contributed by atoms with E-state index in [4.69, 9.17) is 15.3 Å². The van der Waals surface area contributed by atoms with Gasteiger partial charge in [0.2, 0.25) is 0 Å². The van der Waals surface area contributed by atoms with Crippen LogP contribution in [0.4, 0.5) is 0 Å². The van der Waals surface area contributed by atoms with Gasteiger partial charge < -0.3 is 15.3 Å². The highest BCUT2D eigenvalue weighted by Gasteiger charge is 1.97. The molecule has 3 heteroatoms. The maximum absolute atomic E-state index is 8.63. The van der Waals surface area contributed by atoms with Crippen LogP contribution in [0.1, 0.15) is 57.7 Å². The highest BCUT2D eigenvalue weighted by atomic mass is 16.3. The summed E-state index contributed by atoms with van der Waals surface area (Å²) in [6.45, 7) is 8.78. The molecule has 0 atom stereocenters. The van der Waals surface area contributed by atoms with Crippen molar-refractivity contribution in [1.29, 1.82) is 0 Å².